The highest BCUT2D eigenvalue weighted by molar-refractivity contribution is 7.17. The number of benzene rings is 1. The van der Waals surface area contributed by atoms with Gasteiger partial charge in [-0.3, -0.25) is 14.2 Å². The normalized spacial score (nSPS) is 11.3. The fourth-order valence-electron chi connectivity index (χ4n) is 2.60. The van der Waals surface area contributed by atoms with Crippen LogP contribution in [0.3, 0.4) is 0 Å². The van der Waals surface area contributed by atoms with Crippen molar-refractivity contribution in [2.75, 3.05) is 0 Å². The van der Waals surface area contributed by atoms with Crippen LogP contribution in [0.2, 0.25) is 0 Å². The van der Waals surface area contributed by atoms with Crippen LogP contribution >= 0.6 is 11.3 Å². The van der Waals surface area contributed by atoms with E-state index in [1.807, 2.05) is 17.5 Å². The number of hydrogen-bond acceptors (Lipinski definition) is 4. The van der Waals surface area contributed by atoms with Crippen molar-refractivity contribution in [1.29, 1.82) is 0 Å². The summed E-state index contributed by atoms with van der Waals surface area (Å²) >= 11 is 1.43. The van der Waals surface area contributed by atoms with Crippen LogP contribution in [-0.2, 0) is 11.3 Å². The summed E-state index contributed by atoms with van der Waals surface area (Å²) in [6, 6.07) is 8.18. The van der Waals surface area contributed by atoms with Crippen LogP contribution in [-0.4, -0.2) is 20.6 Å². The molecule has 2 aromatic heterocycles. The Hall–Kier alpha value is -2.47. The van der Waals surface area contributed by atoms with Crippen molar-refractivity contribution in [3.63, 3.8) is 0 Å². The molecule has 0 unspecified atom stereocenters. The number of aryl methyl sites for hydroxylation is 1. The molecule has 0 spiro atoms. The van der Waals surface area contributed by atoms with Crippen molar-refractivity contribution in [1.82, 2.24) is 9.55 Å². The molecule has 0 amide bonds. The van der Waals surface area contributed by atoms with Gasteiger partial charge in [-0.1, -0.05) is 38.1 Å². The van der Waals surface area contributed by atoms with Crippen LogP contribution in [0.5, 0.6) is 0 Å². The molecule has 124 valence electrons. The maximum Gasteiger partial charge on any atom is 0.305 e. The molecule has 0 aliphatic heterocycles. The first-order valence-corrected chi connectivity index (χ1v) is 8.64. The van der Waals surface area contributed by atoms with E-state index in [1.54, 1.807) is 0 Å². The van der Waals surface area contributed by atoms with Gasteiger partial charge >= 0.3 is 5.97 Å². The molecule has 1 N–H and O–H groups in total. The molecule has 2 heterocycles. The summed E-state index contributed by atoms with van der Waals surface area (Å²) in [5, 5.41) is 11.3. The highest BCUT2D eigenvalue weighted by Crippen LogP contribution is 2.31. The molecule has 3 aromatic rings. The number of thiophene rings is 1. The van der Waals surface area contributed by atoms with E-state index in [0.29, 0.717) is 16.1 Å². The monoisotopic (exact) mass is 342 g/mol. The molecular weight excluding hydrogens is 324 g/mol. The fourth-order valence-corrected chi connectivity index (χ4v) is 3.51. The first kappa shape index (κ1) is 16.4. The number of hydrogen-bond donors (Lipinski definition) is 1. The summed E-state index contributed by atoms with van der Waals surface area (Å²) in [5.74, 6) is -0.481. The molecule has 0 radical (unpaired) electrons. The van der Waals surface area contributed by atoms with E-state index in [-0.39, 0.29) is 18.5 Å². The largest absolute Gasteiger partial charge is 0.481 e. The second-order valence-corrected chi connectivity index (χ2v) is 6.85. The Bertz CT molecular complexity index is 939. The van der Waals surface area contributed by atoms with Gasteiger partial charge in [-0.25, -0.2) is 4.98 Å². The lowest BCUT2D eigenvalue weighted by Crippen LogP contribution is -2.21. The third-order valence-corrected chi connectivity index (χ3v) is 4.90. The van der Waals surface area contributed by atoms with Gasteiger partial charge in [0.2, 0.25) is 0 Å². The van der Waals surface area contributed by atoms with Crippen LogP contribution in [0.4, 0.5) is 0 Å². The molecule has 0 saturated carbocycles. The van der Waals surface area contributed by atoms with Crippen molar-refractivity contribution < 1.29 is 9.90 Å². The Balaban J connectivity index is 2.07. The summed E-state index contributed by atoms with van der Waals surface area (Å²) in [7, 11) is 0. The van der Waals surface area contributed by atoms with E-state index >= 15 is 0 Å². The average Bonchev–Trinajstić information content (AvgIpc) is 2.99. The lowest BCUT2D eigenvalue weighted by atomic mass is 9.99. The molecule has 0 aliphatic rings. The van der Waals surface area contributed by atoms with Gasteiger partial charge in [0.1, 0.15) is 4.83 Å². The Morgan fingerprint density at radius 2 is 2.00 bits per heavy atom. The second kappa shape index (κ2) is 6.57. The minimum atomic E-state index is -0.934. The number of carboxylic acids is 1. The molecule has 3 rings (SSSR count). The molecule has 0 aliphatic carbocycles. The van der Waals surface area contributed by atoms with Crippen molar-refractivity contribution in [3.05, 3.63) is 51.9 Å². The topological polar surface area (TPSA) is 72.2 Å². The Morgan fingerprint density at radius 1 is 1.29 bits per heavy atom. The number of fused-ring (bicyclic) bond motifs is 1. The third kappa shape index (κ3) is 3.10. The first-order valence-electron chi connectivity index (χ1n) is 7.76. The van der Waals surface area contributed by atoms with Crippen LogP contribution in [0.25, 0.3) is 21.3 Å². The number of aliphatic carboxylic acids is 1. The minimum Gasteiger partial charge on any atom is -0.481 e. The van der Waals surface area contributed by atoms with Crippen LogP contribution < -0.4 is 5.56 Å². The lowest BCUT2D eigenvalue weighted by Gasteiger charge is -2.07. The summed E-state index contributed by atoms with van der Waals surface area (Å²) in [5.41, 5.74) is 2.88. The molecular formula is C18H18N2O3S. The fraction of sp³-hybridized carbons (Fsp3) is 0.278. The standard InChI is InChI=1S/C18H18N2O3S/c1-11(2)12-3-5-13(6-4-12)14-9-24-17-16(14)18(23)20(10-19-17)8-7-15(21)22/h3-6,9-11H,7-8H2,1-2H3,(H,21,22). The Labute approximate surface area is 143 Å². The minimum absolute atomic E-state index is 0.102. The number of carbonyl (C=O) groups is 1. The van der Waals surface area contributed by atoms with E-state index in [4.69, 9.17) is 5.11 Å². The summed E-state index contributed by atoms with van der Waals surface area (Å²) in [6.07, 6.45) is 1.32. The van der Waals surface area contributed by atoms with Crippen molar-refractivity contribution in [2.45, 2.75) is 32.7 Å². The van der Waals surface area contributed by atoms with Gasteiger partial charge < -0.3 is 5.11 Å². The molecule has 5 nitrogen and oxygen atoms in total. The smallest absolute Gasteiger partial charge is 0.305 e. The number of nitrogens with zero attached hydrogens (tertiary/aromatic N) is 2. The third-order valence-electron chi connectivity index (χ3n) is 4.02. The van der Waals surface area contributed by atoms with Gasteiger partial charge in [-0.15, -0.1) is 11.3 Å². The van der Waals surface area contributed by atoms with E-state index < -0.39 is 5.97 Å². The zero-order valence-corrected chi connectivity index (χ0v) is 14.3. The van der Waals surface area contributed by atoms with Gasteiger partial charge in [-0.2, -0.15) is 0 Å². The quantitative estimate of drug-likeness (QED) is 0.767. The van der Waals surface area contributed by atoms with Crippen molar-refractivity contribution in [2.24, 2.45) is 0 Å². The Morgan fingerprint density at radius 3 is 2.62 bits per heavy atom. The van der Waals surface area contributed by atoms with Gasteiger partial charge in [0.05, 0.1) is 18.1 Å². The zero-order valence-electron chi connectivity index (χ0n) is 13.5. The SMILES string of the molecule is CC(C)c1ccc(-c2csc3ncn(CCC(=O)O)c(=O)c23)cc1. The average molecular weight is 342 g/mol. The van der Waals surface area contributed by atoms with E-state index in [2.05, 4.69) is 31.0 Å². The van der Waals surface area contributed by atoms with Gasteiger partial charge in [-0.05, 0) is 17.0 Å². The number of carboxylic acid groups (broad SMARTS) is 1. The predicted molar refractivity (Wildman–Crippen MR) is 95.7 cm³/mol. The molecule has 0 fully saturated rings. The summed E-state index contributed by atoms with van der Waals surface area (Å²) < 4.78 is 1.37. The molecule has 24 heavy (non-hydrogen) atoms. The molecule has 0 saturated heterocycles. The molecule has 6 heteroatoms. The maximum atomic E-state index is 12.7. The number of aromatic nitrogens is 2. The van der Waals surface area contributed by atoms with Crippen LogP contribution in [0, 0.1) is 0 Å². The summed E-state index contributed by atoms with van der Waals surface area (Å²) in [4.78, 5) is 28.4. The maximum absolute atomic E-state index is 12.7. The molecule has 0 bridgehead atoms. The second-order valence-electron chi connectivity index (χ2n) is 5.99. The predicted octanol–water partition coefficient (Wildman–Crippen LogP) is 3.72. The van der Waals surface area contributed by atoms with E-state index in [9.17, 15) is 9.59 Å². The first-order chi connectivity index (χ1) is 11.5. The van der Waals surface area contributed by atoms with Crippen molar-refractivity contribution >= 4 is 27.5 Å². The van der Waals surface area contributed by atoms with E-state index in [1.165, 1.54) is 27.8 Å². The zero-order chi connectivity index (χ0) is 17.3. The molecule has 0 atom stereocenters. The van der Waals surface area contributed by atoms with Gasteiger partial charge in [0.25, 0.3) is 5.56 Å². The number of rotatable bonds is 5. The van der Waals surface area contributed by atoms with Crippen LogP contribution in [0.1, 0.15) is 31.7 Å². The summed E-state index contributed by atoms with van der Waals surface area (Å²) in [6.45, 7) is 4.40. The van der Waals surface area contributed by atoms with Gasteiger partial charge in [0.15, 0.2) is 0 Å². The molecule has 1 aromatic carbocycles. The highest BCUT2D eigenvalue weighted by Gasteiger charge is 2.14. The van der Waals surface area contributed by atoms with E-state index in [0.717, 1.165) is 11.1 Å². The lowest BCUT2D eigenvalue weighted by molar-refractivity contribution is -0.137. The highest BCUT2D eigenvalue weighted by atomic mass is 32.1. The van der Waals surface area contributed by atoms with Crippen molar-refractivity contribution in [3.8, 4) is 11.1 Å². The Kier molecular flexibility index (Phi) is 4.49. The van der Waals surface area contributed by atoms with Crippen LogP contribution in [0.15, 0.2) is 40.8 Å². The van der Waals surface area contributed by atoms with Gasteiger partial charge in [0, 0.05) is 17.5 Å².